The van der Waals surface area contributed by atoms with Gasteiger partial charge >= 0.3 is 0 Å². The summed E-state index contributed by atoms with van der Waals surface area (Å²) >= 11 is 0. The van der Waals surface area contributed by atoms with Crippen molar-refractivity contribution in [1.82, 2.24) is 0 Å². The van der Waals surface area contributed by atoms with Gasteiger partial charge in [0.2, 0.25) is 0 Å². The van der Waals surface area contributed by atoms with Gasteiger partial charge in [0.25, 0.3) is 0 Å². The lowest BCUT2D eigenvalue weighted by atomic mass is 9.59. The lowest BCUT2D eigenvalue weighted by Gasteiger charge is -2.52. The van der Waals surface area contributed by atoms with E-state index in [0.717, 1.165) is 56.1 Å². The Labute approximate surface area is 302 Å². The second-order valence-electron chi connectivity index (χ2n) is 16.9. The summed E-state index contributed by atoms with van der Waals surface area (Å²) in [4.78, 5) is 0. The third kappa shape index (κ3) is 8.23. The van der Waals surface area contributed by atoms with Gasteiger partial charge in [0.1, 0.15) is 48.8 Å². The van der Waals surface area contributed by atoms with E-state index in [2.05, 4.69) is 46.4 Å². The fourth-order valence-corrected chi connectivity index (χ4v) is 10.1. The number of hydrogen-bond acceptors (Lipinski definition) is 12. The molecule has 12 heteroatoms. The van der Waals surface area contributed by atoms with Crippen molar-refractivity contribution in [1.29, 1.82) is 0 Å². The first-order valence-electron chi connectivity index (χ1n) is 19.2. The minimum absolute atomic E-state index is 0.0417. The van der Waals surface area contributed by atoms with Gasteiger partial charge in [-0.3, -0.25) is 0 Å². The number of aliphatic hydroxyl groups is 9. The Kier molecular flexibility index (Phi) is 13.3. The molecule has 3 aliphatic carbocycles. The van der Waals surface area contributed by atoms with Gasteiger partial charge in [-0.25, -0.2) is 0 Å². The molecule has 0 spiro atoms. The summed E-state index contributed by atoms with van der Waals surface area (Å²) in [6.07, 6.45) is -2.27. The van der Waals surface area contributed by atoms with Gasteiger partial charge in [0, 0.05) is 5.92 Å². The lowest BCUT2D eigenvalue weighted by molar-refractivity contribution is -0.382. The Morgan fingerprint density at radius 2 is 1.63 bits per heavy atom. The largest absolute Gasteiger partial charge is 0.394 e. The molecule has 0 aromatic heterocycles. The minimum atomic E-state index is -2.27. The van der Waals surface area contributed by atoms with Gasteiger partial charge in [-0.05, 0) is 79.6 Å². The van der Waals surface area contributed by atoms with E-state index in [4.69, 9.17) is 14.2 Å². The number of hydrogen-bond donors (Lipinski definition) is 9. The van der Waals surface area contributed by atoms with Crippen molar-refractivity contribution in [2.24, 2.45) is 35.0 Å². The molecule has 0 radical (unpaired) electrons. The van der Waals surface area contributed by atoms with Crippen LogP contribution in [0, 0.1) is 35.0 Å². The van der Waals surface area contributed by atoms with Crippen LogP contribution in [0.15, 0.2) is 35.5 Å². The standard InChI is InChI=1S/C39H64O12/c1-20(2)8-6-9-22(4)30-27(17-26-23(10-7-15-38(26,30)5)12-13-24-16-25(41)14-11-21(24)3)39(48)36(47)34(45)32(43)29(51-39)19-49-37-35(46)33(44)31(42)28(18-40)50-37/h12-13,20,22,25-37,40-48H,3,6-11,14-19H2,1-2,4-5H3/b23-12+,24-13-/t22-,25?,26+,27?,28?,29-,30+,31?,32-,33+,34+,35?,36-,37+,38?,39+/m1/s1. The van der Waals surface area contributed by atoms with Crippen LogP contribution in [0.1, 0.15) is 91.9 Å². The molecule has 292 valence electrons. The monoisotopic (exact) mass is 724 g/mol. The van der Waals surface area contributed by atoms with Crippen LogP contribution in [0.3, 0.4) is 0 Å². The van der Waals surface area contributed by atoms with E-state index in [0.29, 0.717) is 25.2 Å². The first-order valence-corrected chi connectivity index (χ1v) is 19.2. The van der Waals surface area contributed by atoms with Crippen molar-refractivity contribution in [3.05, 3.63) is 35.5 Å². The summed E-state index contributed by atoms with van der Waals surface area (Å²) in [5.74, 6) is -2.31. The molecule has 2 aliphatic heterocycles. The number of allylic oxidation sites excluding steroid dienone is 4. The molecule has 16 atom stereocenters. The van der Waals surface area contributed by atoms with Gasteiger partial charge < -0.3 is 60.2 Å². The molecule has 0 aromatic rings. The van der Waals surface area contributed by atoms with E-state index in [-0.39, 0.29) is 29.3 Å². The van der Waals surface area contributed by atoms with Crippen LogP contribution in [0.25, 0.3) is 0 Å². The number of fused-ring (bicyclic) bond motifs is 1. The highest BCUT2D eigenvalue weighted by molar-refractivity contribution is 5.36. The molecule has 0 amide bonds. The van der Waals surface area contributed by atoms with Crippen LogP contribution in [0.4, 0.5) is 0 Å². The average Bonchev–Trinajstić information content (AvgIpc) is 3.42. The van der Waals surface area contributed by atoms with E-state index in [1.165, 1.54) is 5.57 Å². The van der Waals surface area contributed by atoms with Crippen molar-refractivity contribution >= 4 is 0 Å². The lowest BCUT2D eigenvalue weighted by Crippen LogP contribution is -2.69. The van der Waals surface area contributed by atoms with Crippen molar-refractivity contribution in [2.45, 2.75) is 159 Å². The molecule has 5 aliphatic rings. The second-order valence-corrected chi connectivity index (χ2v) is 16.9. The van der Waals surface area contributed by atoms with Crippen LogP contribution in [-0.4, -0.2) is 126 Å². The topological polar surface area (TPSA) is 210 Å². The summed E-state index contributed by atoms with van der Waals surface area (Å²) in [6, 6.07) is 0. The Bertz CT molecular complexity index is 1250. The Morgan fingerprint density at radius 3 is 2.31 bits per heavy atom. The van der Waals surface area contributed by atoms with E-state index in [9.17, 15) is 46.0 Å². The van der Waals surface area contributed by atoms with Gasteiger partial charge in [-0.1, -0.05) is 76.8 Å². The van der Waals surface area contributed by atoms with E-state index >= 15 is 0 Å². The minimum Gasteiger partial charge on any atom is -0.394 e. The van der Waals surface area contributed by atoms with Crippen LogP contribution < -0.4 is 0 Å². The van der Waals surface area contributed by atoms with Gasteiger partial charge in [0.05, 0.1) is 19.3 Å². The summed E-state index contributed by atoms with van der Waals surface area (Å²) in [6.45, 7) is 11.9. The first kappa shape index (κ1) is 40.9. The zero-order valence-electron chi connectivity index (χ0n) is 30.8. The Balaban J connectivity index is 1.45. The predicted octanol–water partition coefficient (Wildman–Crippen LogP) is 1.83. The van der Waals surface area contributed by atoms with Crippen LogP contribution in [0.2, 0.25) is 0 Å². The molecule has 2 heterocycles. The van der Waals surface area contributed by atoms with E-state index in [1.807, 2.05) is 0 Å². The maximum absolute atomic E-state index is 12.6. The van der Waals surface area contributed by atoms with Crippen LogP contribution >= 0.6 is 0 Å². The molecule has 5 fully saturated rings. The fourth-order valence-electron chi connectivity index (χ4n) is 10.1. The van der Waals surface area contributed by atoms with Crippen LogP contribution in [0.5, 0.6) is 0 Å². The smallest absolute Gasteiger partial charge is 0.198 e. The quantitative estimate of drug-likeness (QED) is 0.150. The third-order valence-corrected chi connectivity index (χ3v) is 13.0. The molecule has 51 heavy (non-hydrogen) atoms. The zero-order valence-corrected chi connectivity index (χ0v) is 30.8. The molecule has 9 N–H and O–H groups in total. The highest BCUT2D eigenvalue weighted by atomic mass is 16.7. The summed E-state index contributed by atoms with van der Waals surface area (Å²) in [5, 5.41) is 97.2. The van der Waals surface area contributed by atoms with E-state index < -0.39 is 80.0 Å². The molecule has 12 nitrogen and oxygen atoms in total. The summed E-state index contributed by atoms with van der Waals surface area (Å²) < 4.78 is 17.4. The van der Waals surface area contributed by atoms with Crippen molar-refractivity contribution in [3.63, 3.8) is 0 Å². The van der Waals surface area contributed by atoms with Crippen molar-refractivity contribution < 1.29 is 60.2 Å². The first-order chi connectivity index (χ1) is 24.0. The predicted molar refractivity (Wildman–Crippen MR) is 188 cm³/mol. The molecule has 6 unspecified atom stereocenters. The van der Waals surface area contributed by atoms with Crippen LogP contribution in [-0.2, 0) is 14.2 Å². The molecule has 0 bridgehead atoms. The Hall–Kier alpha value is -1.26. The Morgan fingerprint density at radius 1 is 0.922 bits per heavy atom. The second kappa shape index (κ2) is 16.6. The van der Waals surface area contributed by atoms with E-state index in [1.54, 1.807) is 0 Å². The molecular weight excluding hydrogens is 660 g/mol. The van der Waals surface area contributed by atoms with Crippen molar-refractivity contribution in [3.8, 4) is 0 Å². The number of ether oxygens (including phenoxy) is 3. The summed E-state index contributed by atoms with van der Waals surface area (Å²) in [5.41, 5.74) is 3.05. The zero-order chi connectivity index (χ0) is 37.4. The molecule has 5 rings (SSSR count). The number of aliphatic hydroxyl groups excluding tert-OH is 8. The number of rotatable bonds is 11. The average molecular weight is 725 g/mol. The summed E-state index contributed by atoms with van der Waals surface area (Å²) in [7, 11) is 0. The third-order valence-electron chi connectivity index (χ3n) is 13.0. The molecule has 0 aromatic carbocycles. The molecule has 3 saturated carbocycles. The normalized spacial score (nSPS) is 47.3. The maximum Gasteiger partial charge on any atom is 0.198 e. The van der Waals surface area contributed by atoms with Gasteiger partial charge in [0.15, 0.2) is 12.1 Å². The SMILES string of the molecule is C=C1CCC(O)C/C1=C/C=C1\CCCC2(C)[C@@H]([C@H](C)CCCC(C)C)C([C@]3(O)O[C@H](CO[C@H]4OC(CO)C(O)[C@H](O)C4O)[C@@H](O)[C@H](O)[C@H]3O)C[C@@H]12. The highest BCUT2D eigenvalue weighted by Crippen LogP contribution is 2.65. The highest BCUT2D eigenvalue weighted by Gasteiger charge is 2.66. The fraction of sp³-hybridized carbons (Fsp3) is 0.846. The molecular formula is C39H64O12. The van der Waals surface area contributed by atoms with Crippen molar-refractivity contribution in [2.75, 3.05) is 13.2 Å². The van der Waals surface area contributed by atoms with Gasteiger partial charge in [-0.2, -0.15) is 0 Å². The molecule has 2 saturated heterocycles. The van der Waals surface area contributed by atoms with Gasteiger partial charge in [-0.15, -0.1) is 0 Å². The maximum atomic E-state index is 12.6.